The van der Waals surface area contributed by atoms with Crippen LogP contribution in [0.2, 0.25) is 0 Å². The summed E-state index contributed by atoms with van der Waals surface area (Å²) in [5.41, 5.74) is 3.99. The van der Waals surface area contributed by atoms with Crippen LogP contribution >= 0.6 is 0 Å². The number of fused-ring (bicyclic) bond motifs is 4. The highest BCUT2D eigenvalue weighted by Gasteiger charge is 2.37. The van der Waals surface area contributed by atoms with Gasteiger partial charge in [0.15, 0.2) is 0 Å². The fourth-order valence-corrected chi connectivity index (χ4v) is 4.97. The number of benzene rings is 1. The fourth-order valence-electron chi connectivity index (χ4n) is 3.89. The van der Waals surface area contributed by atoms with E-state index in [9.17, 15) is 4.21 Å². The number of hydrogen-bond acceptors (Lipinski definition) is 3. The molecule has 5 rings (SSSR count). The lowest BCUT2D eigenvalue weighted by Gasteiger charge is -2.22. The van der Waals surface area contributed by atoms with E-state index in [4.69, 9.17) is 0 Å². The van der Waals surface area contributed by atoms with Crippen LogP contribution in [0.1, 0.15) is 35.8 Å². The molecule has 5 heteroatoms. The van der Waals surface area contributed by atoms with Crippen molar-refractivity contribution in [3.8, 4) is 11.8 Å². The predicted octanol–water partition coefficient (Wildman–Crippen LogP) is 2.88. The number of hydrogen-bond donors (Lipinski definition) is 0. The van der Waals surface area contributed by atoms with Crippen LogP contribution in [0, 0.1) is 11.8 Å². The normalized spacial score (nSPS) is 24.3. The summed E-state index contributed by atoms with van der Waals surface area (Å²) >= 11 is 0. The zero-order chi connectivity index (χ0) is 16.8. The monoisotopic (exact) mass is 347 g/mol. The highest BCUT2D eigenvalue weighted by molar-refractivity contribution is 7.92. The molecule has 0 radical (unpaired) electrons. The van der Waals surface area contributed by atoms with Crippen molar-refractivity contribution in [1.82, 2.24) is 14.5 Å². The summed E-state index contributed by atoms with van der Waals surface area (Å²) in [5, 5.41) is 1.78. The molecule has 4 heterocycles. The number of imidazole rings is 1. The maximum Gasteiger partial charge on any atom is 0.136 e. The van der Waals surface area contributed by atoms with E-state index < -0.39 is 10.8 Å². The van der Waals surface area contributed by atoms with E-state index in [1.165, 1.54) is 0 Å². The van der Waals surface area contributed by atoms with Gasteiger partial charge in [0.1, 0.15) is 12.0 Å². The molecule has 0 amide bonds. The highest BCUT2D eigenvalue weighted by Crippen LogP contribution is 2.40. The van der Waals surface area contributed by atoms with Gasteiger partial charge in [0.2, 0.25) is 0 Å². The third-order valence-electron chi connectivity index (χ3n) is 5.07. The molecule has 1 saturated heterocycles. The van der Waals surface area contributed by atoms with Gasteiger partial charge in [-0.3, -0.25) is 9.47 Å². The maximum absolute atomic E-state index is 12.4. The Labute approximate surface area is 149 Å². The molecule has 1 aromatic carbocycles. The maximum atomic E-state index is 12.4. The minimum Gasteiger partial charge on any atom is -0.299 e. The SMILES string of the molecule is O=S1C=CC2=C1CN1CCCC1c1c(C#Cc3ccccc3)ncn12. The molecule has 0 N–H and O–H groups in total. The van der Waals surface area contributed by atoms with Crippen LogP contribution in [0.15, 0.2) is 53.0 Å². The van der Waals surface area contributed by atoms with Gasteiger partial charge in [-0.2, -0.15) is 0 Å². The summed E-state index contributed by atoms with van der Waals surface area (Å²) < 4.78 is 14.5. The Balaban J connectivity index is 1.65. The van der Waals surface area contributed by atoms with Gasteiger partial charge in [-0.05, 0) is 43.5 Å². The molecule has 1 aromatic heterocycles. The summed E-state index contributed by atoms with van der Waals surface area (Å²) in [5.74, 6) is 6.50. The van der Waals surface area contributed by atoms with Gasteiger partial charge in [-0.15, -0.1) is 0 Å². The Bertz CT molecular complexity index is 991. The van der Waals surface area contributed by atoms with E-state index in [0.717, 1.165) is 53.5 Å². The van der Waals surface area contributed by atoms with Crippen molar-refractivity contribution < 1.29 is 4.21 Å². The molecule has 0 aliphatic carbocycles. The lowest BCUT2D eigenvalue weighted by molar-refractivity contribution is 0.281. The minimum absolute atomic E-state index is 0.304. The van der Waals surface area contributed by atoms with Gasteiger partial charge in [-0.25, -0.2) is 9.19 Å². The van der Waals surface area contributed by atoms with Crippen molar-refractivity contribution in [3.05, 3.63) is 70.0 Å². The Morgan fingerprint density at radius 2 is 2.08 bits per heavy atom. The van der Waals surface area contributed by atoms with Crippen LogP contribution in [0.4, 0.5) is 0 Å². The Morgan fingerprint density at radius 3 is 2.96 bits per heavy atom. The number of nitrogens with zero attached hydrogens (tertiary/aromatic N) is 3. The summed E-state index contributed by atoms with van der Waals surface area (Å²) in [6.07, 6.45) is 6.06. The fraction of sp³-hybridized carbons (Fsp3) is 0.250. The van der Waals surface area contributed by atoms with Crippen molar-refractivity contribution in [2.24, 2.45) is 0 Å². The van der Waals surface area contributed by atoms with Crippen LogP contribution in [0.3, 0.4) is 0 Å². The minimum atomic E-state index is -1.02. The van der Waals surface area contributed by atoms with Gasteiger partial charge in [0.25, 0.3) is 0 Å². The first-order valence-electron chi connectivity index (χ1n) is 8.52. The molecule has 25 heavy (non-hydrogen) atoms. The van der Waals surface area contributed by atoms with Crippen molar-refractivity contribution in [1.29, 1.82) is 0 Å². The van der Waals surface area contributed by atoms with Crippen LogP contribution in [-0.4, -0.2) is 31.7 Å². The molecule has 124 valence electrons. The van der Waals surface area contributed by atoms with Crippen LogP contribution < -0.4 is 0 Å². The van der Waals surface area contributed by atoms with Crippen LogP contribution in [-0.2, 0) is 10.8 Å². The smallest absolute Gasteiger partial charge is 0.136 e. The average molecular weight is 347 g/mol. The van der Waals surface area contributed by atoms with E-state index in [1.807, 2.05) is 42.7 Å². The van der Waals surface area contributed by atoms with E-state index in [2.05, 4.69) is 26.3 Å². The topological polar surface area (TPSA) is 38.1 Å². The second-order valence-corrected chi connectivity index (χ2v) is 7.86. The van der Waals surface area contributed by atoms with E-state index in [0.29, 0.717) is 6.04 Å². The lowest BCUT2D eigenvalue weighted by atomic mass is 10.1. The Hall–Kier alpha value is -2.42. The van der Waals surface area contributed by atoms with Crippen molar-refractivity contribution >= 4 is 16.5 Å². The van der Waals surface area contributed by atoms with E-state index >= 15 is 0 Å². The standard InChI is InChI=1S/C20H17N3OS/c24-25-12-10-17-19(25)13-22-11-4-7-18(22)20-16(21-14-23(17)20)9-8-15-5-2-1-3-6-15/h1-3,5-6,10,12,14,18H,4,7,11,13H2. The first-order valence-corrected chi connectivity index (χ1v) is 9.73. The van der Waals surface area contributed by atoms with Gasteiger partial charge in [0.05, 0.1) is 33.1 Å². The molecule has 3 aliphatic heterocycles. The van der Waals surface area contributed by atoms with Gasteiger partial charge >= 0.3 is 0 Å². The Morgan fingerprint density at radius 1 is 1.20 bits per heavy atom. The zero-order valence-corrected chi connectivity index (χ0v) is 14.5. The molecule has 0 bridgehead atoms. The summed E-state index contributed by atoms with van der Waals surface area (Å²) in [4.78, 5) is 8.01. The molecular weight excluding hydrogens is 330 g/mol. The second-order valence-electron chi connectivity index (χ2n) is 6.50. The number of rotatable bonds is 0. The molecule has 2 aromatic rings. The summed E-state index contributed by atoms with van der Waals surface area (Å²) in [7, 11) is -1.02. The van der Waals surface area contributed by atoms with E-state index in [-0.39, 0.29) is 0 Å². The molecule has 0 saturated carbocycles. The van der Waals surface area contributed by atoms with Crippen molar-refractivity contribution in [2.45, 2.75) is 18.9 Å². The lowest BCUT2D eigenvalue weighted by Crippen LogP contribution is -2.25. The third-order valence-corrected chi connectivity index (χ3v) is 6.27. The van der Waals surface area contributed by atoms with E-state index in [1.54, 1.807) is 5.41 Å². The first-order chi connectivity index (χ1) is 12.3. The van der Waals surface area contributed by atoms with Crippen molar-refractivity contribution in [3.63, 3.8) is 0 Å². The van der Waals surface area contributed by atoms with Crippen LogP contribution in [0.5, 0.6) is 0 Å². The Kier molecular flexibility index (Phi) is 3.47. The summed E-state index contributed by atoms with van der Waals surface area (Å²) in [6, 6.07) is 10.3. The van der Waals surface area contributed by atoms with Gasteiger partial charge < -0.3 is 0 Å². The van der Waals surface area contributed by atoms with Gasteiger partial charge in [-0.1, -0.05) is 24.1 Å². The largest absolute Gasteiger partial charge is 0.299 e. The van der Waals surface area contributed by atoms with Crippen molar-refractivity contribution in [2.75, 3.05) is 13.1 Å². The molecule has 2 atom stereocenters. The predicted molar refractivity (Wildman–Crippen MR) is 98.7 cm³/mol. The first kappa shape index (κ1) is 14.9. The molecule has 0 spiro atoms. The summed E-state index contributed by atoms with van der Waals surface area (Å²) in [6.45, 7) is 1.81. The quantitative estimate of drug-likeness (QED) is 0.688. The zero-order valence-electron chi connectivity index (χ0n) is 13.7. The molecule has 4 nitrogen and oxygen atoms in total. The number of allylic oxidation sites excluding steroid dienone is 2. The third kappa shape index (κ3) is 2.41. The van der Waals surface area contributed by atoms with Gasteiger partial charge in [0, 0.05) is 17.5 Å². The molecule has 1 fully saturated rings. The second kappa shape index (κ2) is 5.83. The molecule has 2 unspecified atom stereocenters. The average Bonchev–Trinajstić information content (AvgIpc) is 3.32. The number of aromatic nitrogens is 2. The highest BCUT2D eigenvalue weighted by atomic mass is 32.2. The molecule has 3 aliphatic rings. The van der Waals surface area contributed by atoms with Crippen LogP contribution in [0.25, 0.3) is 5.70 Å². The molecular formula is C20H17N3OS.